The van der Waals surface area contributed by atoms with Crippen LogP contribution in [-0.4, -0.2) is 22.4 Å². The van der Waals surface area contributed by atoms with Crippen molar-refractivity contribution in [1.29, 1.82) is 0 Å². The number of nitrogens with two attached hydrogens (primary N) is 1. The Morgan fingerprint density at radius 2 is 2.27 bits per heavy atom. The van der Waals surface area contributed by atoms with Crippen LogP contribution in [0.2, 0.25) is 0 Å². The highest BCUT2D eigenvalue weighted by Crippen LogP contribution is 2.26. The molecule has 15 heavy (non-hydrogen) atoms. The number of halogens is 1. The largest absolute Gasteiger partial charge is 0.461 e. The quantitative estimate of drug-likeness (QED) is 0.857. The maximum absolute atomic E-state index is 11.5. The van der Waals surface area contributed by atoms with Gasteiger partial charge in [-0.2, -0.15) is 5.10 Å². The number of carbonyl (C=O) groups is 1. The molecule has 0 unspecified atom stereocenters. The molecule has 0 aliphatic carbocycles. The average molecular weight is 276 g/mol. The summed E-state index contributed by atoms with van der Waals surface area (Å²) in [6.07, 6.45) is 0. The standard InChI is InChI=1S/C9H14BrN3O2/c1-4-15-9(14)7-6(10)8(11)13(12-7)5(2)3/h5H,4,11H2,1-3H3. The maximum atomic E-state index is 11.5. The minimum absolute atomic E-state index is 0.101. The number of ether oxygens (including phenoxy) is 1. The fourth-order valence-corrected chi connectivity index (χ4v) is 1.57. The molecule has 0 bridgehead atoms. The number of anilines is 1. The Labute approximate surface area is 96.7 Å². The third-order valence-electron chi connectivity index (χ3n) is 1.85. The normalized spacial score (nSPS) is 10.7. The first-order chi connectivity index (χ1) is 6.99. The van der Waals surface area contributed by atoms with Gasteiger partial charge in [0, 0.05) is 6.04 Å². The van der Waals surface area contributed by atoms with Gasteiger partial charge >= 0.3 is 5.97 Å². The molecule has 0 fully saturated rings. The van der Waals surface area contributed by atoms with Gasteiger partial charge in [-0.3, -0.25) is 0 Å². The van der Waals surface area contributed by atoms with Crippen LogP contribution in [0.15, 0.2) is 4.47 Å². The molecule has 0 aliphatic heterocycles. The van der Waals surface area contributed by atoms with Gasteiger partial charge in [-0.05, 0) is 36.7 Å². The number of esters is 1. The lowest BCUT2D eigenvalue weighted by Crippen LogP contribution is -2.09. The molecule has 5 nitrogen and oxygen atoms in total. The molecule has 0 atom stereocenters. The van der Waals surface area contributed by atoms with Gasteiger partial charge in [-0.1, -0.05) is 0 Å². The predicted octanol–water partition coefficient (Wildman–Crippen LogP) is 1.99. The monoisotopic (exact) mass is 275 g/mol. The summed E-state index contributed by atoms with van der Waals surface area (Å²) in [6.45, 7) is 5.93. The Bertz CT molecular complexity index is 374. The van der Waals surface area contributed by atoms with Crippen LogP contribution in [0, 0.1) is 0 Å². The van der Waals surface area contributed by atoms with Crippen LogP contribution in [0.1, 0.15) is 37.3 Å². The molecule has 1 aromatic heterocycles. The van der Waals surface area contributed by atoms with Crippen molar-refractivity contribution in [3.8, 4) is 0 Å². The van der Waals surface area contributed by atoms with E-state index >= 15 is 0 Å². The molecule has 84 valence electrons. The lowest BCUT2D eigenvalue weighted by molar-refractivity contribution is 0.0517. The molecule has 6 heteroatoms. The first kappa shape index (κ1) is 12.0. The summed E-state index contributed by atoms with van der Waals surface area (Å²) in [5, 5.41) is 4.10. The third-order valence-corrected chi connectivity index (χ3v) is 2.63. The van der Waals surface area contributed by atoms with Crippen LogP contribution < -0.4 is 5.73 Å². The van der Waals surface area contributed by atoms with E-state index < -0.39 is 5.97 Å². The average Bonchev–Trinajstić information content (AvgIpc) is 2.45. The summed E-state index contributed by atoms with van der Waals surface area (Å²) in [5.41, 5.74) is 6.01. The van der Waals surface area contributed by atoms with Gasteiger partial charge in [-0.15, -0.1) is 0 Å². The summed E-state index contributed by atoms with van der Waals surface area (Å²) in [6, 6.07) is 0.101. The van der Waals surface area contributed by atoms with E-state index in [9.17, 15) is 4.79 Å². The van der Waals surface area contributed by atoms with E-state index in [-0.39, 0.29) is 11.7 Å². The Balaban J connectivity index is 3.10. The van der Waals surface area contributed by atoms with E-state index in [1.54, 1.807) is 11.6 Å². The number of hydrogen-bond donors (Lipinski definition) is 1. The summed E-state index contributed by atoms with van der Waals surface area (Å²) in [4.78, 5) is 11.5. The van der Waals surface area contributed by atoms with Crippen molar-refractivity contribution in [2.24, 2.45) is 0 Å². The molecule has 0 amide bonds. The highest BCUT2D eigenvalue weighted by molar-refractivity contribution is 9.10. The van der Waals surface area contributed by atoms with Gasteiger partial charge in [0.2, 0.25) is 0 Å². The number of rotatable bonds is 3. The second-order valence-corrected chi connectivity index (χ2v) is 4.10. The summed E-state index contributed by atoms with van der Waals surface area (Å²) in [5.74, 6) is -0.0245. The van der Waals surface area contributed by atoms with Crippen molar-refractivity contribution in [2.75, 3.05) is 12.3 Å². The maximum Gasteiger partial charge on any atom is 0.360 e. The lowest BCUT2D eigenvalue weighted by atomic mass is 10.4. The second kappa shape index (κ2) is 4.65. The van der Waals surface area contributed by atoms with Crippen molar-refractivity contribution in [2.45, 2.75) is 26.8 Å². The Morgan fingerprint density at radius 1 is 1.67 bits per heavy atom. The van der Waals surface area contributed by atoms with E-state index in [1.165, 1.54) is 0 Å². The fraction of sp³-hybridized carbons (Fsp3) is 0.556. The molecule has 0 aromatic carbocycles. The number of carbonyl (C=O) groups excluding carboxylic acids is 1. The minimum atomic E-state index is -0.463. The fourth-order valence-electron chi connectivity index (χ4n) is 1.15. The molecule has 0 aliphatic rings. The van der Waals surface area contributed by atoms with E-state index in [0.29, 0.717) is 16.9 Å². The van der Waals surface area contributed by atoms with Crippen molar-refractivity contribution in [1.82, 2.24) is 9.78 Å². The summed E-state index contributed by atoms with van der Waals surface area (Å²) in [7, 11) is 0. The van der Waals surface area contributed by atoms with Crippen LogP contribution in [0.4, 0.5) is 5.82 Å². The van der Waals surface area contributed by atoms with Gasteiger partial charge in [-0.25, -0.2) is 9.48 Å². The van der Waals surface area contributed by atoms with Gasteiger partial charge < -0.3 is 10.5 Å². The third kappa shape index (κ3) is 2.31. The number of nitrogen functional groups attached to an aromatic ring is 1. The van der Waals surface area contributed by atoms with Crippen LogP contribution >= 0.6 is 15.9 Å². The molecule has 0 radical (unpaired) electrons. The Hall–Kier alpha value is -1.04. The number of aromatic nitrogens is 2. The van der Waals surface area contributed by atoms with E-state index in [4.69, 9.17) is 10.5 Å². The van der Waals surface area contributed by atoms with Crippen molar-refractivity contribution in [3.63, 3.8) is 0 Å². The smallest absolute Gasteiger partial charge is 0.360 e. The predicted molar refractivity (Wildman–Crippen MR) is 60.7 cm³/mol. The Kier molecular flexibility index (Phi) is 3.73. The van der Waals surface area contributed by atoms with Crippen molar-refractivity contribution in [3.05, 3.63) is 10.2 Å². The van der Waals surface area contributed by atoms with Gasteiger partial charge in [0.15, 0.2) is 5.69 Å². The van der Waals surface area contributed by atoms with Crippen molar-refractivity contribution >= 4 is 27.7 Å². The molecule has 2 N–H and O–H groups in total. The number of hydrogen-bond acceptors (Lipinski definition) is 4. The van der Waals surface area contributed by atoms with Crippen LogP contribution in [0.5, 0.6) is 0 Å². The lowest BCUT2D eigenvalue weighted by Gasteiger charge is -2.06. The summed E-state index contributed by atoms with van der Waals surface area (Å²) < 4.78 is 6.93. The highest BCUT2D eigenvalue weighted by Gasteiger charge is 2.21. The summed E-state index contributed by atoms with van der Waals surface area (Å²) >= 11 is 3.23. The SMILES string of the molecule is CCOC(=O)c1nn(C(C)C)c(N)c1Br. The molecule has 0 saturated carbocycles. The number of nitrogens with zero attached hydrogens (tertiary/aromatic N) is 2. The van der Waals surface area contributed by atoms with Crippen LogP contribution in [0.25, 0.3) is 0 Å². The minimum Gasteiger partial charge on any atom is -0.461 e. The van der Waals surface area contributed by atoms with Gasteiger partial charge in [0.25, 0.3) is 0 Å². The van der Waals surface area contributed by atoms with Crippen LogP contribution in [0.3, 0.4) is 0 Å². The van der Waals surface area contributed by atoms with E-state index in [2.05, 4.69) is 21.0 Å². The first-order valence-corrected chi connectivity index (χ1v) is 5.48. The Morgan fingerprint density at radius 3 is 2.67 bits per heavy atom. The zero-order valence-electron chi connectivity index (χ0n) is 8.95. The zero-order chi connectivity index (χ0) is 11.6. The van der Waals surface area contributed by atoms with E-state index in [0.717, 1.165) is 0 Å². The van der Waals surface area contributed by atoms with Crippen LogP contribution in [-0.2, 0) is 4.74 Å². The molecule has 1 aromatic rings. The van der Waals surface area contributed by atoms with Gasteiger partial charge in [0.1, 0.15) is 5.82 Å². The molecule has 1 rings (SSSR count). The molecule has 0 saturated heterocycles. The second-order valence-electron chi connectivity index (χ2n) is 3.31. The molecule has 0 spiro atoms. The first-order valence-electron chi connectivity index (χ1n) is 4.69. The van der Waals surface area contributed by atoms with Crippen molar-refractivity contribution < 1.29 is 9.53 Å². The molecule has 1 heterocycles. The zero-order valence-corrected chi connectivity index (χ0v) is 10.5. The topological polar surface area (TPSA) is 70.1 Å². The highest BCUT2D eigenvalue weighted by atomic mass is 79.9. The molecular formula is C9H14BrN3O2. The molecular weight excluding hydrogens is 262 g/mol. The van der Waals surface area contributed by atoms with Gasteiger partial charge in [0.05, 0.1) is 11.1 Å². The van der Waals surface area contributed by atoms with E-state index in [1.807, 2.05) is 13.8 Å².